The molecule has 2 rings (SSSR count). The van der Waals surface area contributed by atoms with Crippen LogP contribution in [0.2, 0.25) is 10.0 Å². The maximum atomic E-state index is 12.0. The third kappa shape index (κ3) is 4.91. The first kappa shape index (κ1) is 16.6. The van der Waals surface area contributed by atoms with Crippen LogP contribution in [0, 0.1) is 0 Å². The Hall–Kier alpha value is -1.75. The second-order valence-corrected chi connectivity index (χ2v) is 5.46. The summed E-state index contributed by atoms with van der Waals surface area (Å²) >= 11 is 11.7. The molecule has 0 aliphatic carbocycles. The Morgan fingerprint density at radius 1 is 1.18 bits per heavy atom. The van der Waals surface area contributed by atoms with Gasteiger partial charge in [-0.1, -0.05) is 41.4 Å². The summed E-state index contributed by atoms with van der Waals surface area (Å²) in [5.74, 6) is 0.286. The highest BCUT2D eigenvalue weighted by atomic mass is 35.5. The Morgan fingerprint density at radius 3 is 2.59 bits per heavy atom. The molecule has 0 unspecified atom stereocenters. The number of halogens is 2. The highest BCUT2D eigenvalue weighted by Crippen LogP contribution is 2.20. The summed E-state index contributed by atoms with van der Waals surface area (Å²) < 4.78 is 5.40. The number of hydrogen-bond donors (Lipinski definition) is 2. The van der Waals surface area contributed by atoms with Gasteiger partial charge >= 0.3 is 0 Å². The topological polar surface area (TPSA) is 58.6 Å². The molecular weight excluding hydrogens is 325 g/mol. The summed E-state index contributed by atoms with van der Waals surface area (Å²) in [6.45, 7) is 0.142. The summed E-state index contributed by atoms with van der Waals surface area (Å²) in [6, 6.07) is 13.7. The normalized spacial score (nSPS) is 11.8. The van der Waals surface area contributed by atoms with E-state index in [1.54, 1.807) is 18.2 Å². The molecule has 2 aromatic rings. The molecular formula is C16H15Cl2NO3. The van der Waals surface area contributed by atoms with Gasteiger partial charge in [0.1, 0.15) is 18.5 Å². The summed E-state index contributed by atoms with van der Waals surface area (Å²) in [4.78, 5) is 12.0. The predicted molar refractivity (Wildman–Crippen MR) is 86.7 cm³/mol. The van der Waals surface area contributed by atoms with Crippen LogP contribution in [0.3, 0.4) is 0 Å². The maximum Gasteiger partial charge on any atom is 0.252 e. The van der Waals surface area contributed by atoms with Crippen LogP contribution < -0.4 is 10.1 Å². The van der Waals surface area contributed by atoms with Gasteiger partial charge in [0.2, 0.25) is 0 Å². The maximum absolute atomic E-state index is 12.0. The average molecular weight is 340 g/mol. The van der Waals surface area contributed by atoms with Crippen LogP contribution in [-0.2, 0) is 0 Å². The average Bonchev–Trinajstić information content (AvgIpc) is 2.51. The van der Waals surface area contributed by atoms with E-state index in [1.165, 1.54) is 12.1 Å². The molecule has 0 bridgehead atoms. The molecule has 4 nitrogen and oxygen atoms in total. The quantitative estimate of drug-likeness (QED) is 0.849. The fourth-order valence-electron chi connectivity index (χ4n) is 1.75. The van der Waals surface area contributed by atoms with Crippen molar-refractivity contribution in [2.45, 2.75) is 6.10 Å². The number of ether oxygens (including phenoxy) is 1. The Bertz CT molecular complexity index is 635. The molecule has 0 aliphatic heterocycles. The van der Waals surface area contributed by atoms with Crippen molar-refractivity contribution in [2.75, 3.05) is 13.2 Å². The van der Waals surface area contributed by atoms with Crippen molar-refractivity contribution in [3.8, 4) is 5.75 Å². The van der Waals surface area contributed by atoms with Crippen molar-refractivity contribution in [2.24, 2.45) is 0 Å². The number of amides is 1. The van der Waals surface area contributed by atoms with Crippen molar-refractivity contribution in [1.82, 2.24) is 5.32 Å². The highest BCUT2D eigenvalue weighted by Gasteiger charge is 2.13. The Morgan fingerprint density at radius 2 is 1.91 bits per heavy atom. The van der Waals surface area contributed by atoms with E-state index in [0.29, 0.717) is 16.3 Å². The van der Waals surface area contributed by atoms with Gasteiger partial charge < -0.3 is 15.2 Å². The molecule has 0 aromatic heterocycles. The lowest BCUT2D eigenvalue weighted by Gasteiger charge is -2.13. The molecule has 0 heterocycles. The molecule has 0 saturated heterocycles. The molecule has 1 atom stereocenters. The number of hydrogen-bond acceptors (Lipinski definition) is 3. The minimum atomic E-state index is -0.824. The number of aliphatic hydroxyl groups is 1. The van der Waals surface area contributed by atoms with Crippen LogP contribution in [0.5, 0.6) is 5.75 Å². The SMILES string of the molecule is O=C(NC[C@@H](O)COc1ccccc1)c1ccc(Cl)cc1Cl. The smallest absolute Gasteiger partial charge is 0.252 e. The third-order valence-electron chi connectivity index (χ3n) is 2.86. The molecule has 0 spiro atoms. The van der Waals surface area contributed by atoms with Gasteiger partial charge in [-0.2, -0.15) is 0 Å². The zero-order valence-electron chi connectivity index (χ0n) is 11.6. The van der Waals surface area contributed by atoms with Gasteiger partial charge in [-0.3, -0.25) is 4.79 Å². The van der Waals surface area contributed by atoms with Crippen LogP contribution in [-0.4, -0.2) is 30.3 Å². The van der Waals surface area contributed by atoms with Gasteiger partial charge in [0.25, 0.3) is 5.91 Å². The van der Waals surface area contributed by atoms with E-state index >= 15 is 0 Å². The predicted octanol–water partition coefficient (Wildman–Crippen LogP) is 3.16. The summed E-state index contributed by atoms with van der Waals surface area (Å²) in [5.41, 5.74) is 0.308. The first-order chi connectivity index (χ1) is 10.6. The number of rotatable bonds is 6. The fourth-order valence-corrected chi connectivity index (χ4v) is 2.24. The van der Waals surface area contributed by atoms with Gasteiger partial charge in [0, 0.05) is 11.6 Å². The zero-order valence-corrected chi connectivity index (χ0v) is 13.1. The summed E-state index contributed by atoms with van der Waals surface area (Å²) in [7, 11) is 0. The highest BCUT2D eigenvalue weighted by molar-refractivity contribution is 6.36. The molecule has 2 N–H and O–H groups in total. The van der Waals surface area contributed by atoms with Crippen LogP contribution in [0.25, 0.3) is 0 Å². The van der Waals surface area contributed by atoms with E-state index in [4.69, 9.17) is 27.9 Å². The van der Waals surface area contributed by atoms with E-state index < -0.39 is 6.10 Å². The summed E-state index contributed by atoms with van der Waals surface area (Å²) in [6.07, 6.45) is -0.824. The largest absolute Gasteiger partial charge is 0.491 e. The second kappa shape index (κ2) is 8.03. The molecule has 0 fully saturated rings. The standard InChI is InChI=1S/C16H15Cl2NO3/c17-11-6-7-14(15(18)8-11)16(21)19-9-12(20)10-22-13-4-2-1-3-5-13/h1-8,12,20H,9-10H2,(H,19,21)/t12-/m1/s1. The van der Waals surface area contributed by atoms with E-state index in [-0.39, 0.29) is 24.1 Å². The van der Waals surface area contributed by atoms with Gasteiger partial charge in [0.15, 0.2) is 0 Å². The van der Waals surface area contributed by atoms with Crippen molar-refractivity contribution in [3.05, 3.63) is 64.1 Å². The van der Waals surface area contributed by atoms with Gasteiger partial charge in [0.05, 0.1) is 10.6 Å². The van der Waals surface area contributed by atoms with E-state index in [9.17, 15) is 9.90 Å². The molecule has 22 heavy (non-hydrogen) atoms. The molecule has 2 aromatic carbocycles. The lowest BCUT2D eigenvalue weighted by molar-refractivity contribution is 0.0844. The molecule has 116 valence electrons. The Kier molecular flexibility index (Phi) is 6.07. The molecule has 0 aliphatic rings. The van der Waals surface area contributed by atoms with Crippen LogP contribution >= 0.6 is 23.2 Å². The Labute approximate surface area is 138 Å². The van der Waals surface area contributed by atoms with Crippen molar-refractivity contribution in [3.63, 3.8) is 0 Å². The van der Waals surface area contributed by atoms with E-state index in [1.807, 2.05) is 18.2 Å². The van der Waals surface area contributed by atoms with Crippen LogP contribution in [0.4, 0.5) is 0 Å². The minimum Gasteiger partial charge on any atom is -0.491 e. The second-order valence-electron chi connectivity index (χ2n) is 4.61. The number of nitrogens with one attached hydrogen (secondary N) is 1. The number of carbonyl (C=O) groups is 1. The number of benzene rings is 2. The van der Waals surface area contributed by atoms with Crippen molar-refractivity contribution >= 4 is 29.1 Å². The van der Waals surface area contributed by atoms with Crippen LogP contribution in [0.1, 0.15) is 10.4 Å². The van der Waals surface area contributed by atoms with E-state index in [0.717, 1.165) is 0 Å². The first-order valence-electron chi connectivity index (χ1n) is 6.65. The lowest BCUT2D eigenvalue weighted by Crippen LogP contribution is -2.35. The minimum absolute atomic E-state index is 0.0601. The molecule has 1 amide bonds. The number of carbonyl (C=O) groups excluding carboxylic acids is 1. The zero-order chi connectivity index (χ0) is 15.9. The first-order valence-corrected chi connectivity index (χ1v) is 7.41. The third-order valence-corrected chi connectivity index (χ3v) is 3.41. The van der Waals surface area contributed by atoms with Gasteiger partial charge in [-0.05, 0) is 30.3 Å². The van der Waals surface area contributed by atoms with Crippen LogP contribution in [0.15, 0.2) is 48.5 Å². The van der Waals surface area contributed by atoms with Gasteiger partial charge in [-0.15, -0.1) is 0 Å². The van der Waals surface area contributed by atoms with E-state index in [2.05, 4.69) is 5.32 Å². The summed E-state index contributed by atoms with van der Waals surface area (Å²) in [5, 5.41) is 13.1. The van der Waals surface area contributed by atoms with Crippen molar-refractivity contribution in [1.29, 1.82) is 0 Å². The van der Waals surface area contributed by atoms with Gasteiger partial charge in [-0.25, -0.2) is 0 Å². The molecule has 6 heteroatoms. The number of aliphatic hydroxyl groups excluding tert-OH is 1. The fraction of sp³-hybridized carbons (Fsp3) is 0.188. The Balaban J connectivity index is 1.80. The lowest BCUT2D eigenvalue weighted by atomic mass is 10.2. The number of para-hydroxylation sites is 1. The molecule has 0 saturated carbocycles. The van der Waals surface area contributed by atoms with Crippen molar-refractivity contribution < 1.29 is 14.6 Å². The monoisotopic (exact) mass is 339 g/mol. The molecule has 0 radical (unpaired) electrons.